The zero-order chi connectivity index (χ0) is 21.1. The standard InChI is InChI=1S/C23H21FN2O4/c1-29-18-6-4-5-15(13-18)22-19(23(28)30-21-8-3-2-7-20(21)27)14-26(25-22)17-11-9-16(24)10-12-17/h4-6,9-14,21H,2-3,7-8H2,1H3/t21-/m1/s1. The predicted molar refractivity (Wildman–Crippen MR) is 108 cm³/mol. The van der Waals surface area contributed by atoms with Gasteiger partial charge in [-0.3, -0.25) is 4.79 Å². The van der Waals surface area contributed by atoms with E-state index in [1.54, 1.807) is 37.4 Å². The van der Waals surface area contributed by atoms with Crippen LogP contribution in [0.1, 0.15) is 36.0 Å². The van der Waals surface area contributed by atoms with Crippen molar-refractivity contribution in [1.29, 1.82) is 0 Å². The number of aromatic nitrogens is 2. The summed E-state index contributed by atoms with van der Waals surface area (Å²) in [7, 11) is 1.56. The Morgan fingerprint density at radius 1 is 1.17 bits per heavy atom. The predicted octanol–water partition coefficient (Wildman–Crippen LogP) is 4.36. The molecule has 6 nitrogen and oxygen atoms in total. The molecule has 4 rings (SSSR count). The highest BCUT2D eigenvalue weighted by Crippen LogP contribution is 2.28. The number of rotatable bonds is 5. The molecule has 1 fully saturated rings. The van der Waals surface area contributed by atoms with Crippen molar-refractivity contribution in [3.8, 4) is 22.7 Å². The van der Waals surface area contributed by atoms with Gasteiger partial charge in [-0.2, -0.15) is 5.10 Å². The monoisotopic (exact) mass is 408 g/mol. The molecular weight excluding hydrogens is 387 g/mol. The van der Waals surface area contributed by atoms with Gasteiger partial charge >= 0.3 is 5.97 Å². The highest BCUT2D eigenvalue weighted by Gasteiger charge is 2.28. The van der Waals surface area contributed by atoms with E-state index in [4.69, 9.17) is 9.47 Å². The first-order valence-corrected chi connectivity index (χ1v) is 9.79. The van der Waals surface area contributed by atoms with Crippen molar-refractivity contribution in [2.45, 2.75) is 31.8 Å². The lowest BCUT2D eigenvalue weighted by atomic mass is 9.96. The van der Waals surface area contributed by atoms with Gasteiger partial charge in [-0.05, 0) is 55.7 Å². The molecule has 30 heavy (non-hydrogen) atoms. The lowest BCUT2D eigenvalue weighted by molar-refractivity contribution is -0.129. The van der Waals surface area contributed by atoms with Crippen LogP contribution in [-0.4, -0.2) is 34.7 Å². The molecular formula is C23H21FN2O4. The number of nitrogens with zero attached hydrogens (tertiary/aromatic N) is 2. The zero-order valence-corrected chi connectivity index (χ0v) is 16.5. The molecule has 0 bridgehead atoms. The van der Waals surface area contributed by atoms with Gasteiger partial charge in [0, 0.05) is 18.2 Å². The van der Waals surface area contributed by atoms with Gasteiger partial charge in [-0.25, -0.2) is 13.9 Å². The Labute approximate surface area is 173 Å². The Balaban J connectivity index is 1.73. The maximum atomic E-state index is 13.3. The molecule has 0 unspecified atom stereocenters. The van der Waals surface area contributed by atoms with Crippen LogP contribution < -0.4 is 4.74 Å². The molecule has 154 valence electrons. The van der Waals surface area contributed by atoms with Crippen molar-refractivity contribution < 1.29 is 23.5 Å². The molecule has 0 radical (unpaired) electrons. The van der Waals surface area contributed by atoms with E-state index in [1.807, 2.05) is 6.07 Å². The summed E-state index contributed by atoms with van der Waals surface area (Å²) in [6, 6.07) is 12.9. The normalized spacial score (nSPS) is 16.3. The molecule has 3 aromatic rings. The average molecular weight is 408 g/mol. The van der Waals surface area contributed by atoms with E-state index in [0.717, 1.165) is 12.8 Å². The van der Waals surface area contributed by atoms with Crippen LogP contribution >= 0.6 is 0 Å². The smallest absolute Gasteiger partial charge is 0.342 e. The van der Waals surface area contributed by atoms with E-state index in [0.29, 0.717) is 35.5 Å². The van der Waals surface area contributed by atoms with Crippen LogP contribution in [-0.2, 0) is 9.53 Å². The van der Waals surface area contributed by atoms with Crippen LogP contribution in [0.5, 0.6) is 5.75 Å². The second-order valence-electron chi connectivity index (χ2n) is 7.15. The molecule has 1 aliphatic rings. The van der Waals surface area contributed by atoms with Crippen LogP contribution in [0, 0.1) is 5.82 Å². The molecule has 0 spiro atoms. The molecule has 1 heterocycles. The number of carbonyl (C=O) groups is 2. The summed E-state index contributed by atoms with van der Waals surface area (Å²) in [6.45, 7) is 0. The summed E-state index contributed by atoms with van der Waals surface area (Å²) in [5.74, 6) is -0.412. The molecule has 1 saturated carbocycles. The van der Waals surface area contributed by atoms with Gasteiger partial charge in [0.2, 0.25) is 0 Å². The van der Waals surface area contributed by atoms with Gasteiger partial charge in [0.05, 0.1) is 12.8 Å². The number of carbonyl (C=O) groups excluding carboxylic acids is 2. The first kappa shape index (κ1) is 19.8. The maximum Gasteiger partial charge on any atom is 0.342 e. The molecule has 0 aliphatic heterocycles. The van der Waals surface area contributed by atoms with Gasteiger partial charge in [0.15, 0.2) is 11.9 Å². The minimum atomic E-state index is -0.724. The average Bonchev–Trinajstić information content (AvgIpc) is 3.21. The van der Waals surface area contributed by atoms with E-state index in [-0.39, 0.29) is 17.2 Å². The van der Waals surface area contributed by atoms with E-state index in [2.05, 4.69) is 5.10 Å². The van der Waals surface area contributed by atoms with Gasteiger partial charge < -0.3 is 9.47 Å². The Morgan fingerprint density at radius 2 is 1.97 bits per heavy atom. The minimum Gasteiger partial charge on any atom is -0.497 e. The number of hydrogen-bond acceptors (Lipinski definition) is 5. The lowest BCUT2D eigenvalue weighted by Crippen LogP contribution is -2.30. The van der Waals surface area contributed by atoms with E-state index in [9.17, 15) is 14.0 Å². The number of hydrogen-bond donors (Lipinski definition) is 0. The SMILES string of the molecule is COc1cccc(-c2nn(-c3ccc(F)cc3)cc2C(=O)O[C@@H]2CCCCC2=O)c1. The van der Waals surface area contributed by atoms with E-state index >= 15 is 0 Å². The quantitative estimate of drug-likeness (QED) is 0.587. The van der Waals surface area contributed by atoms with Crippen LogP contribution in [0.2, 0.25) is 0 Å². The largest absolute Gasteiger partial charge is 0.497 e. The van der Waals surface area contributed by atoms with Crippen molar-refractivity contribution in [3.05, 3.63) is 66.1 Å². The van der Waals surface area contributed by atoms with Crippen LogP contribution in [0.15, 0.2) is 54.7 Å². The molecule has 1 aliphatic carbocycles. The second-order valence-corrected chi connectivity index (χ2v) is 7.15. The number of ether oxygens (including phenoxy) is 2. The van der Waals surface area contributed by atoms with E-state index < -0.39 is 12.1 Å². The highest BCUT2D eigenvalue weighted by atomic mass is 19.1. The zero-order valence-electron chi connectivity index (χ0n) is 16.5. The van der Waals surface area contributed by atoms with Crippen molar-refractivity contribution in [2.75, 3.05) is 7.11 Å². The second kappa shape index (κ2) is 8.49. The van der Waals surface area contributed by atoms with Crippen molar-refractivity contribution >= 4 is 11.8 Å². The molecule has 1 atom stereocenters. The van der Waals surface area contributed by atoms with Crippen LogP contribution in [0.4, 0.5) is 4.39 Å². The molecule has 0 amide bonds. The summed E-state index contributed by atoms with van der Waals surface area (Å²) < 4.78 is 25.6. The molecule has 2 aromatic carbocycles. The fraction of sp³-hybridized carbons (Fsp3) is 0.261. The molecule has 0 saturated heterocycles. The number of halogens is 1. The van der Waals surface area contributed by atoms with Gasteiger partial charge in [0.1, 0.15) is 22.8 Å². The number of methoxy groups -OCH3 is 1. The van der Waals surface area contributed by atoms with Crippen LogP contribution in [0.3, 0.4) is 0 Å². The Hall–Kier alpha value is -3.48. The summed E-state index contributed by atoms with van der Waals surface area (Å²) in [6.07, 6.45) is 3.45. The third kappa shape index (κ3) is 4.10. The van der Waals surface area contributed by atoms with Gasteiger partial charge in [0.25, 0.3) is 0 Å². The summed E-state index contributed by atoms with van der Waals surface area (Å²) in [4.78, 5) is 25.1. The number of esters is 1. The Kier molecular flexibility index (Phi) is 5.61. The van der Waals surface area contributed by atoms with Crippen molar-refractivity contribution in [1.82, 2.24) is 9.78 Å². The lowest BCUT2D eigenvalue weighted by Gasteiger charge is -2.20. The molecule has 0 N–H and O–H groups in total. The number of benzene rings is 2. The first-order valence-electron chi connectivity index (χ1n) is 9.79. The van der Waals surface area contributed by atoms with Gasteiger partial charge in [-0.1, -0.05) is 12.1 Å². The fourth-order valence-corrected chi connectivity index (χ4v) is 3.50. The molecule has 7 heteroatoms. The van der Waals surface area contributed by atoms with Crippen LogP contribution in [0.25, 0.3) is 16.9 Å². The maximum absolute atomic E-state index is 13.3. The summed E-state index contributed by atoms with van der Waals surface area (Å²) in [5, 5.41) is 4.54. The first-order chi connectivity index (χ1) is 14.5. The minimum absolute atomic E-state index is 0.0524. The Bertz CT molecular complexity index is 1080. The van der Waals surface area contributed by atoms with Gasteiger partial charge in [-0.15, -0.1) is 0 Å². The summed E-state index contributed by atoms with van der Waals surface area (Å²) in [5.41, 5.74) is 1.88. The van der Waals surface area contributed by atoms with Crippen molar-refractivity contribution in [3.63, 3.8) is 0 Å². The number of ketones is 1. The summed E-state index contributed by atoms with van der Waals surface area (Å²) >= 11 is 0. The Morgan fingerprint density at radius 3 is 2.70 bits per heavy atom. The molecule has 1 aromatic heterocycles. The third-order valence-electron chi connectivity index (χ3n) is 5.12. The fourth-order valence-electron chi connectivity index (χ4n) is 3.50. The highest BCUT2D eigenvalue weighted by molar-refractivity contribution is 5.98. The topological polar surface area (TPSA) is 70.4 Å². The van der Waals surface area contributed by atoms with E-state index in [1.165, 1.54) is 23.0 Å². The third-order valence-corrected chi connectivity index (χ3v) is 5.12. The number of Topliss-reactive ketones (excluding diaryl/α,β-unsaturated/α-hetero) is 1. The van der Waals surface area contributed by atoms with Crippen molar-refractivity contribution in [2.24, 2.45) is 0 Å².